The fourth-order valence-electron chi connectivity index (χ4n) is 4.04. The Morgan fingerprint density at radius 2 is 1.48 bits per heavy atom. The first-order chi connectivity index (χ1) is 16.0. The number of aryl methyl sites for hydroxylation is 1. The van der Waals surface area contributed by atoms with Crippen LogP contribution in [0.2, 0.25) is 0 Å². The standard InChI is InChI=1S/C28H27NO4/c1-18-10-15-25(33-18)28(22-13-11-21(12-14-22)20-8-6-5-7-9-20)23-16-26(31-3)27(32-4)17-24(23)29-19(2)30/h5-17,28H,1-4H3,(H,29,30)/t28-/m0/s1. The molecule has 1 heterocycles. The van der Waals surface area contributed by atoms with Crippen molar-refractivity contribution in [2.75, 3.05) is 19.5 Å². The minimum absolute atomic E-state index is 0.169. The van der Waals surface area contributed by atoms with Crippen LogP contribution in [-0.4, -0.2) is 20.1 Å². The second-order valence-electron chi connectivity index (χ2n) is 7.85. The van der Waals surface area contributed by atoms with E-state index in [-0.39, 0.29) is 11.8 Å². The monoisotopic (exact) mass is 441 g/mol. The molecule has 1 aromatic heterocycles. The van der Waals surface area contributed by atoms with Crippen LogP contribution < -0.4 is 14.8 Å². The first-order valence-corrected chi connectivity index (χ1v) is 10.8. The Morgan fingerprint density at radius 3 is 2.06 bits per heavy atom. The van der Waals surface area contributed by atoms with Gasteiger partial charge in [-0.25, -0.2) is 0 Å². The highest BCUT2D eigenvalue weighted by molar-refractivity contribution is 5.90. The van der Waals surface area contributed by atoms with Crippen LogP contribution >= 0.6 is 0 Å². The van der Waals surface area contributed by atoms with Crippen LogP contribution in [0.3, 0.4) is 0 Å². The summed E-state index contributed by atoms with van der Waals surface area (Å²) in [6, 6.07) is 26.2. The van der Waals surface area contributed by atoms with Gasteiger partial charge < -0.3 is 19.2 Å². The number of hydrogen-bond donors (Lipinski definition) is 1. The summed E-state index contributed by atoms with van der Waals surface area (Å²) in [5, 5.41) is 2.95. The highest BCUT2D eigenvalue weighted by Gasteiger charge is 2.26. The summed E-state index contributed by atoms with van der Waals surface area (Å²) in [7, 11) is 3.17. The number of furan rings is 1. The van der Waals surface area contributed by atoms with E-state index in [2.05, 4.69) is 41.7 Å². The average Bonchev–Trinajstić information content (AvgIpc) is 3.26. The molecule has 0 radical (unpaired) electrons. The van der Waals surface area contributed by atoms with E-state index in [0.29, 0.717) is 17.2 Å². The number of carbonyl (C=O) groups is 1. The number of ether oxygens (including phenoxy) is 2. The summed E-state index contributed by atoms with van der Waals surface area (Å²) in [5.74, 6) is 2.29. The highest BCUT2D eigenvalue weighted by Crippen LogP contribution is 2.42. The van der Waals surface area contributed by atoms with E-state index in [0.717, 1.165) is 33.8 Å². The highest BCUT2D eigenvalue weighted by atomic mass is 16.5. The maximum Gasteiger partial charge on any atom is 0.221 e. The summed E-state index contributed by atoms with van der Waals surface area (Å²) in [6.07, 6.45) is 0. The Labute approximate surface area is 194 Å². The van der Waals surface area contributed by atoms with Crippen LogP contribution in [0.4, 0.5) is 5.69 Å². The summed E-state index contributed by atoms with van der Waals surface area (Å²) in [4.78, 5) is 12.0. The van der Waals surface area contributed by atoms with Gasteiger partial charge in [0.25, 0.3) is 0 Å². The van der Waals surface area contributed by atoms with Gasteiger partial charge in [0, 0.05) is 18.7 Å². The van der Waals surface area contributed by atoms with Gasteiger partial charge in [0.15, 0.2) is 11.5 Å². The molecule has 0 aliphatic carbocycles. The normalized spacial score (nSPS) is 11.6. The van der Waals surface area contributed by atoms with Crippen LogP contribution in [0.25, 0.3) is 11.1 Å². The Bertz CT molecular complexity index is 1240. The van der Waals surface area contributed by atoms with Crippen molar-refractivity contribution in [2.45, 2.75) is 19.8 Å². The Morgan fingerprint density at radius 1 is 0.848 bits per heavy atom. The first kappa shape index (κ1) is 22.2. The number of amides is 1. The van der Waals surface area contributed by atoms with E-state index in [9.17, 15) is 4.79 Å². The Kier molecular flexibility index (Phi) is 6.50. The lowest BCUT2D eigenvalue weighted by Gasteiger charge is -2.22. The third-order valence-corrected chi connectivity index (χ3v) is 5.57. The van der Waals surface area contributed by atoms with Gasteiger partial charge in [0.2, 0.25) is 5.91 Å². The van der Waals surface area contributed by atoms with Crippen LogP contribution in [0.1, 0.15) is 35.5 Å². The van der Waals surface area contributed by atoms with E-state index in [1.165, 1.54) is 6.92 Å². The summed E-state index contributed by atoms with van der Waals surface area (Å²) >= 11 is 0. The van der Waals surface area contributed by atoms with E-state index in [4.69, 9.17) is 13.9 Å². The zero-order valence-corrected chi connectivity index (χ0v) is 19.2. The maximum absolute atomic E-state index is 12.0. The van der Waals surface area contributed by atoms with Gasteiger partial charge in [-0.1, -0.05) is 54.6 Å². The lowest BCUT2D eigenvalue weighted by atomic mass is 9.86. The molecular weight excluding hydrogens is 414 g/mol. The zero-order chi connectivity index (χ0) is 23.4. The van der Waals surface area contributed by atoms with Crippen LogP contribution in [0, 0.1) is 6.92 Å². The van der Waals surface area contributed by atoms with E-state index in [1.54, 1.807) is 20.3 Å². The van der Waals surface area contributed by atoms with Gasteiger partial charge in [0.1, 0.15) is 11.5 Å². The number of methoxy groups -OCH3 is 2. The van der Waals surface area contributed by atoms with Crippen molar-refractivity contribution in [1.29, 1.82) is 0 Å². The zero-order valence-electron chi connectivity index (χ0n) is 19.2. The molecule has 0 unspecified atom stereocenters. The molecule has 0 aliphatic rings. The van der Waals surface area contributed by atoms with E-state index >= 15 is 0 Å². The number of carbonyl (C=O) groups excluding carboxylic acids is 1. The van der Waals surface area contributed by atoms with Crippen LogP contribution in [0.5, 0.6) is 11.5 Å². The second kappa shape index (κ2) is 9.65. The lowest BCUT2D eigenvalue weighted by Crippen LogP contribution is -2.12. The van der Waals surface area contributed by atoms with Crippen molar-refractivity contribution in [3.8, 4) is 22.6 Å². The molecule has 1 atom stereocenters. The van der Waals surface area contributed by atoms with E-state index in [1.807, 2.05) is 43.3 Å². The average molecular weight is 442 g/mol. The van der Waals surface area contributed by atoms with Gasteiger partial charge in [-0.05, 0) is 47.4 Å². The van der Waals surface area contributed by atoms with E-state index < -0.39 is 0 Å². The molecule has 0 saturated heterocycles. The van der Waals surface area contributed by atoms with Gasteiger partial charge >= 0.3 is 0 Å². The maximum atomic E-state index is 12.0. The predicted molar refractivity (Wildman–Crippen MR) is 130 cm³/mol. The Balaban J connectivity index is 1.88. The van der Waals surface area contributed by atoms with Crippen LogP contribution in [0.15, 0.2) is 83.3 Å². The third kappa shape index (κ3) is 4.77. The van der Waals surface area contributed by atoms with Crippen molar-refractivity contribution in [3.05, 3.63) is 102 Å². The van der Waals surface area contributed by atoms with Crippen molar-refractivity contribution >= 4 is 11.6 Å². The predicted octanol–water partition coefficient (Wildman–Crippen LogP) is 6.41. The summed E-state index contributed by atoms with van der Waals surface area (Å²) in [6.45, 7) is 3.41. The van der Waals surface area contributed by atoms with Gasteiger partial charge in [-0.2, -0.15) is 0 Å². The molecule has 3 aromatic carbocycles. The molecule has 4 rings (SSSR count). The molecular formula is C28H27NO4. The van der Waals surface area contributed by atoms with Crippen molar-refractivity contribution in [2.24, 2.45) is 0 Å². The lowest BCUT2D eigenvalue weighted by molar-refractivity contribution is -0.114. The van der Waals surface area contributed by atoms with Crippen LogP contribution in [-0.2, 0) is 4.79 Å². The Hall–Kier alpha value is -3.99. The summed E-state index contributed by atoms with van der Waals surface area (Å²) in [5.41, 5.74) is 4.81. The quantitative estimate of drug-likeness (QED) is 0.360. The topological polar surface area (TPSA) is 60.7 Å². The minimum atomic E-state index is -0.259. The van der Waals surface area contributed by atoms with Crippen molar-refractivity contribution < 1.29 is 18.7 Å². The minimum Gasteiger partial charge on any atom is -0.493 e. The molecule has 1 amide bonds. The molecule has 0 aliphatic heterocycles. The number of hydrogen-bond acceptors (Lipinski definition) is 4. The fourth-order valence-corrected chi connectivity index (χ4v) is 4.04. The third-order valence-electron chi connectivity index (χ3n) is 5.57. The fraction of sp³-hybridized carbons (Fsp3) is 0.179. The number of nitrogens with one attached hydrogen (secondary N) is 1. The summed E-state index contributed by atoms with van der Waals surface area (Å²) < 4.78 is 17.1. The molecule has 4 aromatic rings. The molecule has 0 bridgehead atoms. The second-order valence-corrected chi connectivity index (χ2v) is 7.85. The largest absolute Gasteiger partial charge is 0.493 e. The van der Waals surface area contributed by atoms with Crippen molar-refractivity contribution in [3.63, 3.8) is 0 Å². The number of benzene rings is 3. The smallest absolute Gasteiger partial charge is 0.221 e. The molecule has 5 heteroatoms. The van der Waals surface area contributed by atoms with Gasteiger partial charge in [-0.3, -0.25) is 4.79 Å². The molecule has 0 fully saturated rings. The number of rotatable bonds is 7. The van der Waals surface area contributed by atoms with Crippen molar-refractivity contribution in [1.82, 2.24) is 0 Å². The van der Waals surface area contributed by atoms with Gasteiger partial charge in [-0.15, -0.1) is 0 Å². The SMILES string of the molecule is COc1cc(NC(C)=O)c([C@H](c2ccc(-c3ccccc3)cc2)c2ccc(C)o2)cc1OC. The number of anilines is 1. The molecule has 168 valence electrons. The molecule has 1 N–H and O–H groups in total. The molecule has 0 saturated carbocycles. The first-order valence-electron chi connectivity index (χ1n) is 10.8. The van der Waals surface area contributed by atoms with Gasteiger partial charge in [0.05, 0.1) is 20.1 Å². The molecule has 0 spiro atoms. The molecule has 33 heavy (non-hydrogen) atoms. The molecule has 5 nitrogen and oxygen atoms in total.